The first-order chi connectivity index (χ1) is 6.79. The van der Waals surface area contributed by atoms with Crippen molar-refractivity contribution in [1.82, 2.24) is 0 Å². The Bertz CT molecular complexity index is 560. The van der Waals surface area contributed by atoms with Crippen LogP contribution in [0.4, 0.5) is 0 Å². The van der Waals surface area contributed by atoms with Crippen LogP contribution in [0.1, 0.15) is 0 Å². The van der Waals surface area contributed by atoms with E-state index >= 15 is 0 Å². The van der Waals surface area contributed by atoms with Crippen molar-refractivity contribution >= 4 is 11.0 Å². The van der Waals surface area contributed by atoms with E-state index < -0.39 is 5.63 Å². The van der Waals surface area contributed by atoms with Crippen LogP contribution in [0.15, 0.2) is 39.5 Å². The average molecular weight is 186 g/mol. The van der Waals surface area contributed by atoms with Gasteiger partial charge in [0.15, 0.2) is 0 Å². The molecule has 1 aromatic carbocycles. The molecule has 2 rings (SSSR count). The second kappa shape index (κ2) is 3.27. The van der Waals surface area contributed by atoms with Crippen molar-refractivity contribution in [2.24, 2.45) is 0 Å². The average Bonchev–Trinajstić information content (AvgIpc) is 2.17. The number of ether oxygens (including phenoxy) is 1. The molecule has 0 bridgehead atoms. The van der Waals surface area contributed by atoms with Gasteiger partial charge in [-0.15, -0.1) is 0 Å². The highest BCUT2D eigenvalue weighted by atomic mass is 16.5. The first-order valence-electron chi connectivity index (χ1n) is 3.96. The van der Waals surface area contributed by atoms with E-state index in [1.165, 1.54) is 6.07 Å². The summed E-state index contributed by atoms with van der Waals surface area (Å²) >= 11 is 0. The smallest absolute Gasteiger partial charge is 0.336 e. The second-order valence-electron chi connectivity index (χ2n) is 2.67. The summed E-state index contributed by atoms with van der Waals surface area (Å²) < 4.78 is 9.76. The van der Waals surface area contributed by atoms with E-state index in [0.29, 0.717) is 11.3 Å². The molecule has 14 heavy (non-hydrogen) atoms. The third kappa shape index (κ3) is 1.46. The van der Waals surface area contributed by atoms with Gasteiger partial charge in [-0.2, -0.15) is 0 Å². The Balaban J connectivity index is 2.65. The second-order valence-corrected chi connectivity index (χ2v) is 2.67. The summed E-state index contributed by atoms with van der Waals surface area (Å²) in [5.74, 6) is 0.481. The Labute approximate surface area is 79.9 Å². The molecule has 0 saturated carbocycles. The maximum absolute atomic E-state index is 10.9. The summed E-state index contributed by atoms with van der Waals surface area (Å²) in [7, 11) is 0. The van der Waals surface area contributed by atoms with E-state index in [1.807, 2.05) is 6.11 Å². The number of benzene rings is 1. The van der Waals surface area contributed by atoms with Gasteiger partial charge in [0.1, 0.15) is 17.4 Å². The highest BCUT2D eigenvalue weighted by molar-refractivity contribution is 5.77. The van der Waals surface area contributed by atoms with E-state index in [9.17, 15) is 4.79 Å². The van der Waals surface area contributed by atoms with Gasteiger partial charge in [-0.25, -0.2) is 4.79 Å². The summed E-state index contributed by atoms with van der Waals surface area (Å²) in [6, 6.07) is 8.11. The molecule has 3 heteroatoms. The molecular weight excluding hydrogens is 180 g/mol. The molecule has 0 atom stereocenters. The molecule has 2 aromatic rings. The molecule has 0 amide bonds. The molecule has 68 valence electrons. The van der Waals surface area contributed by atoms with Crippen LogP contribution < -0.4 is 10.4 Å². The standard InChI is InChI=1S/C11H6O3/c1-2-13-9-5-3-8-4-6-11(12)14-10(8)7-9/h1,3-7H. The SMILES string of the molecule is C#COc1ccc2ccc(=O)oc2c1. The van der Waals surface area contributed by atoms with Crippen molar-refractivity contribution in [3.8, 4) is 18.3 Å². The largest absolute Gasteiger partial charge is 0.423 e. The lowest BCUT2D eigenvalue weighted by Gasteiger charge is -1.98. The minimum absolute atomic E-state index is 0.393. The van der Waals surface area contributed by atoms with Crippen molar-refractivity contribution in [3.05, 3.63) is 40.8 Å². The normalized spacial score (nSPS) is 9.64. The molecule has 0 saturated heterocycles. The molecule has 0 N–H and O–H groups in total. The topological polar surface area (TPSA) is 39.4 Å². The fourth-order valence-electron chi connectivity index (χ4n) is 1.17. The van der Waals surface area contributed by atoms with Gasteiger partial charge in [-0.3, -0.25) is 0 Å². The molecule has 3 nitrogen and oxygen atoms in total. The monoisotopic (exact) mass is 186 g/mol. The lowest BCUT2D eigenvalue weighted by molar-refractivity contribution is 0.515. The van der Waals surface area contributed by atoms with Gasteiger partial charge >= 0.3 is 5.63 Å². The Morgan fingerprint density at radius 2 is 2.07 bits per heavy atom. The number of hydrogen-bond acceptors (Lipinski definition) is 3. The van der Waals surface area contributed by atoms with Gasteiger partial charge < -0.3 is 9.15 Å². The van der Waals surface area contributed by atoms with Crippen LogP contribution in [-0.4, -0.2) is 0 Å². The molecule has 1 aromatic heterocycles. The van der Waals surface area contributed by atoms with Crippen LogP contribution >= 0.6 is 0 Å². The van der Waals surface area contributed by atoms with Crippen LogP contribution in [0.3, 0.4) is 0 Å². The Hall–Kier alpha value is -2.21. The fraction of sp³-hybridized carbons (Fsp3) is 0. The number of fused-ring (bicyclic) bond motifs is 1. The summed E-state index contributed by atoms with van der Waals surface area (Å²) in [4.78, 5) is 10.9. The zero-order valence-corrected chi connectivity index (χ0v) is 7.19. The summed E-state index contributed by atoms with van der Waals surface area (Å²) in [6.45, 7) is 0. The Morgan fingerprint density at radius 1 is 1.29 bits per heavy atom. The third-order valence-electron chi connectivity index (χ3n) is 1.77. The lowest BCUT2D eigenvalue weighted by Crippen LogP contribution is -1.94. The van der Waals surface area contributed by atoms with Gasteiger partial charge in [-0.05, 0) is 18.2 Å². The fourth-order valence-corrected chi connectivity index (χ4v) is 1.17. The molecule has 0 aliphatic rings. The van der Waals surface area contributed by atoms with Crippen LogP contribution in [-0.2, 0) is 0 Å². The maximum Gasteiger partial charge on any atom is 0.336 e. The first-order valence-corrected chi connectivity index (χ1v) is 3.96. The van der Waals surface area contributed by atoms with Gasteiger partial charge in [0.25, 0.3) is 0 Å². The van der Waals surface area contributed by atoms with Gasteiger partial charge in [0, 0.05) is 17.5 Å². The minimum atomic E-state index is -0.393. The summed E-state index contributed by atoms with van der Waals surface area (Å²) in [5.41, 5.74) is 0.0700. The predicted molar refractivity (Wildman–Crippen MR) is 51.9 cm³/mol. The number of rotatable bonds is 1. The van der Waals surface area contributed by atoms with Gasteiger partial charge in [0.2, 0.25) is 0 Å². The first kappa shape index (κ1) is 8.39. The molecular formula is C11H6O3. The van der Waals surface area contributed by atoms with Crippen molar-refractivity contribution in [1.29, 1.82) is 0 Å². The van der Waals surface area contributed by atoms with E-state index in [4.69, 9.17) is 15.6 Å². The Morgan fingerprint density at radius 3 is 2.86 bits per heavy atom. The zero-order chi connectivity index (χ0) is 9.97. The number of terminal acetylenes is 1. The van der Waals surface area contributed by atoms with Crippen LogP contribution in [0.2, 0.25) is 0 Å². The van der Waals surface area contributed by atoms with E-state index in [2.05, 4.69) is 0 Å². The van der Waals surface area contributed by atoms with Crippen molar-refractivity contribution < 1.29 is 9.15 Å². The van der Waals surface area contributed by atoms with Crippen molar-refractivity contribution in [2.75, 3.05) is 0 Å². The highest BCUT2D eigenvalue weighted by Crippen LogP contribution is 2.18. The molecule has 0 unspecified atom stereocenters. The van der Waals surface area contributed by atoms with Crippen LogP contribution in [0, 0.1) is 12.5 Å². The quantitative estimate of drug-likeness (QED) is 0.503. The molecule has 0 aliphatic heterocycles. The lowest BCUT2D eigenvalue weighted by atomic mass is 10.2. The van der Waals surface area contributed by atoms with Crippen molar-refractivity contribution in [3.63, 3.8) is 0 Å². The predicted octanol–water partition coefficient (Wildman–Crippen LogP) is 1.76. The van der Waals surface area contributed by atoms with Crippen LogP contribution in [0.25, 0.3) is 11.0 Å². The van der Waals surface area contributed by atoms with Gasteiger partial charge in [0.05, 0.1) is 0 Å². The highest BCUT2D eigenvalue weighted by Gasteiger charge is 1.99. The van der Waals surface area contributed by atoms with Crippen LogP contribution in [0.5, 0.6) is 5.75 Å². The van der Waals surface area contributed by atoms with Gasteiger partial charge in [-0.1, -0.05) is 6.42 Å². The number of hydrogen-bond donors (Lipinski definition) is 0. The molecule has 0 fully saturated rings. The summed E-state index contributed by atoms with van der Waals surface area (Å²) in [6.07, 6.45) is 7.01. The molecule has 0 aliphatic carbocycles. The zero-order valence-electron chi connectivity index (χ0n) is 7.19. The van der Waals surface area contributed by atoms with E-state index in [1.54, 1.807) is 24.3 Å². The third-order valence-corrected chi connectivity index (χ3v) is 1.77. The van der Waals surface area contributed by atoms with E-state index in [-0.39, 0.29) is 0 Å². The minimum Gasteiger partial charge on any atom is -0.423 e. The summed E-state index contributed by atoms with van der Waals surface area (Å²) in [5, 5.41) is 0.828. The van der Waals surface area contributed by atoms with Crippen molar-refractivity contribution in [2.45, 2.75) is 0 Å². The van der Waals surface area contributed by atoms with E-state index in [0.717, 1.165) is 5.39 Å². The Kier molecular flexibility index (Phi) is 1.96. The maximum atomic E-state index is 10.9. The molecule has 0 spiro atoms. The molecule has 0 radical (unpaired) electrons. The molecule has 1 heterocycles.